The van der Waals surface area contributed by atoms with Gasteiger partial charge in [0.2, 0.25) is 0 Å². The van der Waals surface area contributed by atoms with Crippen molar-refractivity contribution in [1.82, 2.24) is 10.3 Å². The number of H-pyrrole nitrogens is 1. The van der Waals surface area contributed by atoms with Crippen molar-refractivity contribution in [3.8, 4) is 11.1 Å². The monoisotopic (exact) mass is 336 g/mol. The smallest absolute Gasteiger partial charge is 0.338 e. The molecule has 3 aromatic rings. The number of aromatic nitrogens is 1. The number of benzene rings is 2. The Labute approximate surface area is 148 Å². The molecule has 4 heteroatoms. The molecule has 0 atom stereocenters. The van der Waals surface area contributed by atoms with E-state index in [2.05, 4.69) is 47.6 Å². The van der Waals surface area contributed by atoms with Crippen LogP contribution in [0.3, 0.4) is 0 Å². The first-order chi connectivity index (χ1) is 12.2. The molecule has 0 saturated heterocycles. The topological polar surface area (TPSA) is 54.1 Å². The summed E-state index contributed by atoms with van der Waals surface area (Å²) in [5.74, 6) is -0.316. The van der Waals surface area contributed by atoms with Gasteiger partial charge in [0.05, 0.1) is 12.7 Å². The van der Waals surface area contributed by atoms with Crippen LogP contribution in [-0.2, 0) is 11.3 Å². The third kappa shape index (κ3) is 3.91. The fourth-order valence-corrected chi connectivity index (χ4v) is 2.96. The van der Waals surface area contributed by atoms with Gasteiger partial charge in [0.1, 0.15) is 0 Å². The molecular weight excluding hydrogens is 312 g/mol. The van der Waals surface area contributed by atoms with E-state index in [1.54, 1.807) is 0 Å². The van der Waals surface area contributed by atoms with Crippen molar-refractivity contribution in [3.63, 3.8) is 0 Å². The van der Waals surface area contributed by atoms with Crippen LogP contribution >= 0.6 is 0 Å². The van der Waals surface area contributed by atoms with Gasteiger partial charge in [-0.15, -0.1) is 0 Å². The lowest BCUT2D eigenvalue weighted by Gasteiger charge is -2.09. The molecule has 0 amide bonds. The summed E-state index contributed by atoms with van der Waals surface area (Å²) in [7, 11) is 1.41. The van der Waals surface area contributed by atoms with Gasteiger partial charge in [-0.3, -0.25) is 0 Å². The Hall–Kier alpha value is -2.59. The molecule has 3 rings (SSSR count). The number of fused-ring (bicyclic) bond motifs is 1. The Kier molecular flexibility index (Phi) is 5.51. The van der Waals surface area contributed by atoms with Crippen molar-refractivity contribution in [2.45, 2.75) is 26.3 Å². The number of methoxy groups -OCH3 is 1. The van der Waals surface area contributed by atoms with Crippen molar-refractivity contribution in [1.29, 1.82) is 0 Å². The van der Waals surface area contributed by atoms with Crippen LogP contribution in [0.25, 0.3) is 22.0 Å². The first-order valence-corrected chi connectivity index (χ1v) is 8.72. The average molecular weight is 336 g/mol. The number of esters is 1. The average Bonchev–Trinajstić information content (AvgIpc) is 3.13. The van der Waals surface area contributed by atoms with E-state index in [9.17, 15) is 4.79 Å². The standard InChI is InChI=1S/C21H24N2O2/c1-3-4-10-22-14-15-5-7-16(8-6-15)17-12-19(21(24)25-2)18-9-11-23-20(18)13-17/h5-9,11-13,22-23H,3-4,10,14H2,1-2H3. The summed E-state index contributed by atoms with van der Waals surface area (Å²) in [5, 5.41) is 4.33. The van der Waals surface area contributed by atoms with Crippen molar-refractivity contribution in [2.24, 2.45) is 0 Å². The minimum absolute atomic E-state index is 0.316. The Bertz CT molecular complexity index is 850. The quantitative estimate of drug-likeness (QED) is 0.493. The number of rotatable bonds is 7. The summed E-state index contributed by atoms with van der Waals surface area (Å²) >= 11 is 0. The van der Waals surface area contributed by atoms with Crippen molar-refractivity contribution in [3.05, 3.63) is 59.8 Å². The van der Waals surface area contributed by atoms with Crippen LogP contribution in [0.4, 0.5) is 0 Å². The predicted molar refractivity (Wildman–Crippen MR) is 102 cm³/mol. The van der Waals surface area contributed by atoms with Crippen LogP contribution in [0, 0.1) is 0 Å². The summed E-state index contributed by atoms with van der Waals surface area (Å²) in [4.78, 5) is 15.3. The van der Waals surface area contributed by atoms with E-state index in [-0.39, 0.29) is 5.97 Å². The zero-order chi connectivity index (χ0) is 17.6. The Balaban J connectivity index is 1.85. The molecule has 1 heterocycles. The number of nitrogens with one attached hydrogen (secondary N) is 2. The molecule has 25 heavy (non-hydrogen) atoms. The third-order valence-corrected chi connectivity index (χ3v) is 4.40. The van der Waals surface area contributed by atoms with E-state index in [0.717, 1.165) is 35.1 Å². The Morgan fingerprint density at radius 3 is 2.64 bits per heavy atom. The zero-order valence-corrected chi connectivity index (χ0v) is 14.8. The summed E-state index contributed by atoms with van der Waals surface area (Å²) in [5.41, 5.74) is 4.86. The molecule has 0 aliphatic heterocycles. The molecule has 0 bridgehead atoms. The second kappa shape index (κ2) is 7.99. The molecular formula is C21H24N2O2. The zero-order valence-electron chi connectivity index (χ0n) is 14.8. The van der Waals surface area contributed by atoms with Gasteiger partial charge in [0, 0.05) is 23.6 Å². The summed E-state index contributed by atoms with van der Waals surface area (Å²) in [6.07, 6.45) is 4.24. The lowest BCUT2D eigenvalue weighted by molar-refractivity contribution is 0.0603. The van der Waals surface area contributed by atoms with Gasteiger partial charge >= 0.3 is 5.97 Å². The maximum Gasteiger partial charge on any atom is 0.338 e. The fraction of sp³-hybridized carbons (Fsp3) is 0.286. The minimum atomic E-state index is -0.316. The lowest BCUT2D eigenvalue weighted by Crippen LogP contribution is -2.14. The highest BCUT2D eigenvalue weighted by atomic mass is 16.5. The van der Waals surface area contributed by atoms with Crippen LogP contribution in [0.2, 0.25) is 0 Å². The number of unbranched alkanes of at least 4 members (excludes halogenated alkanes) is 1. The van der Waals surface area contributed by atoms with Crippen molar-refractivity contribution >= 4 is 16.9 Å². The highest BCUT2D eigenvalue weighted by molar-refractivity contribution is 6.05. The Morgan fingerprint density at radius 2 is 1.92 bits per heavy atom. The number of ether oxygens (including phenoxy) is 1. The first-order valence-electron chi connectivity index (χ1n) is 8.72. The number of carbonyl (C=O) groups excluding carboxylic acids is 1. The van der Waals surface area contributed by atoms with E-state index in [0.29, 0.717) is 5.56 Å². The van der Waals surface area contributed by atoms with Crippen LogP contribution < -0.4 is 5.32 Å². The van der Waals surface area contributed by atoms with Gasteiger partial charge in [-0.2, -0.15) is 0 Å². The molecule has 0 aliphatic carbocycles. The molecule has 0 fully saturated rings. The lowest BCUT2D eigenvalue weighted by atomic mass is 9.99. The van der Waals surface area contributed by atoms with Gasteiger partial charge in [0.15, 0.2) is 0 Å². The summed E-state index contributed by atoms with van der Waals surface area (Å²) < 4.78 is 4.93. The maximum absolute atomic E-state index is 12.1. The molecule has 0 unspecified atom stereocenters. The van der Waals surface area contributed by atoms with Crippen LogP contribution in [0.1, 0.15) is 35.7 Å². The fourth-order valence-electron chi connectivity index (χ4n) is 2.96. The molecule has 0 aliphatic rings. The molecule has 130 valence electrons. The van der Waals surface area contributed by atoms with Gasteiger partial charge < -0.3 is 15.0 Å². The normalized spacial score (nSPS) is 11.0. The van der Waals surface area contributed by atoms with E-state index >= 15 is 0 Å². The molecule has 0 radical (unpaired) electrons. The molecule has 0 spiro atoms. The molecule has 4 nitrogen and oxygen atoms in total. The van der Waals surface area contributed by atoms with Crippen LogP contribution in [-0.4, -0.2) is 24.6 Å². The SMILES string of the molecule is CCCCNCc1ccc(-c2cc(C(=O)OC)c3cc[nH]c3c2)cc1. The predicted octanol–water partition coefficient (Wildman–Crippen LogP) is 4.51. The number of carbonyl (C=O) groups is 1. The number of hydrogen-bond donors (Lipinski definition) is 2. The minimum Gasteiger partial charge on any atom is -0.465 e. The first kappa shape index (κ1) is 17.2. The van der Waals surface area contributed by atoms with E-state index < -0.39 is 0 Å². The maximum atomic E-state index is 12.1. The largest absolute Gasteiger partial charge is 0.465 e. The van der Waals surface area contributed by atoms with Crippen LogP contribution in [0.15, 0.2) is 48.7 Å². The van der Waals surface area contributed by atoms with Crippen molar-refractivity contribution in [2.75, 3.05) is 13.7 Å². The highest BCUT2D eigenvalue weighted by Gasteiger charge is 2.13. The van der Waals surface area contributed by atoms with Gasteiger partial charge in [0.25, 0.3) is 0 Å². The number of aromatic amines is 1. The number of hydrogen-bond acceptors (Lipinski definition) is 3. The second-order valence-corrected chi connectivity index (χ2v) is 6.18. The van der Waals surface area contributed by atoms with Crippen molar-refractivity contribution < 1.29 is 9.53 Å². The molecule has 2 aromatic carbocycles. The van der Waals surface area contributed by atoms with Gasteiger partial charge in [-0.1, -0.05) is 37.6 Å². The van der Waals surface area contributed by atoms with Gasteiger partial charge in [-0.25, -0.2) is 4.79 Å². The van der Waals surface area contributed by atoms with Gasteiger partial charge in [-0.05, 0) is 47.9 Å². The third-order valence-electron chi connectivity index (χ3n) is 4.40. The van der Waals surface area contributed by atoms with E-state index in [1.165, 1.54) is 25.5 Å². The Morgan fingerprint density at radius 1 is 1.12 bits per heavy atom. The molecule has 0 saturated carbocycles. The molecule has 2 N–H and O–H groups in total. The summed E-state index contributed by atoms with van der Waals surface area (Å²) in [6, 6.07) is 14.3. The summed E-state index contributed by atoms with van der Waals surface area (Å²) in [6.45, 7) is 4.12. The van der Waals surface area contributed by atoms with E-state index in [1.807, 2.05) is 18.3 Å². The van der Waals surface area contributed by atoms with E-state index in [4.69, 9.17) is 4.74 Å². The highest BCUT2D eigenvalue weighted by Crippen LogP contribution is 2.28. The molecule has 1 aromatic heterocycles. The van der Waals surface area contributed by atoms with Crippen LogP contribution in [0.5, 0.6) is 0 Å². The second-order valence-electron chi connectivity index (χ2n) is 6.18.